The number of nitrogens with one attached hydrogen (secondary N) is 1. The van der Waals surface area contributed by atoms with Crippen molar-refractivity contribution in [2.75, 3.05) is 5.32 Å². The molecule has 2 aromatic heterocycles. The summed E-state index contributed by atoms with van der Waals surface area (Å²) in [5.74, 6) is 0.189. The zero-order valence-corrected chi connectivity index (χ0v) is 12.7. The summed E-state index contributed by atoms with van der Waals surface area (Å²) in [5, 5.41) is 13.5. The lowest BCUT2D eigenvalue weighted by Crippen LogP contribution is -1.97. The van der Waals surface area contributed by atoms with E-state index < -0.39 is 5.82 Å². The Morgan fingerprint density at radius 3 is 2.71 bits per heavy atom. The summed E-state index contributed by atoms with van der Waals surface area (Å²) in [5.41, 5.74) is 2.88. The van der Waals surface area contributed by atoms with Crippen LogP contribution in [0.5, 0.6) is 0 Å². The van der Waals surface area contributed by atoms with Crippen molar-refractivity contribution in [1.29, 1.82) is 0 Å². The van der Waals surface area contributed by atoms with Crippen LogP contribution in [0.25, 0.3) is 10.8 Å². The van der Waals surface area contributed by atoms with Crippen LogP contribution < -0.4 is 5.32 Å². The Morgan fingerprint density at radius 2 is 2.00 bits per heavy atom. The summed E-state index contributed by atoms with van der Waals surface area (Å²) in [6.45, 7) is 4.06. The van der Waals surface area contributed by atoms with Gasteiger partial charge in [0, 0.05) is 34.9 Å². The highest BCUT2D eigenvalue weighted by Crippen LogP contribution is 2.31. The number of aryl methyl sites for hydroxylation is 2. The summed E-state index contributed by atoms with van der Waals surface area (Å²) < 4.78 is 15.3. The number of aromatic nitrogens is 3. The van der Waals surface area contributed by atoms with Gasteiger partial charge >= 0.3 is 0 Å². The van der Waals surface area contributed by atoms with Crippen LogP contribution in [0.1, 0.15) is 11.4 Å². The van der Waals surface area contributed by atoms with Crippen molar-refractivity contribution in [2.24, 2.45) is 7.05 Å². The van der Waals surface area contributed by atoms with Gasteiger partial charge in [0.25, 0.3) is 0 Å². The molecule has 3 aromatic rings. The van der Waals surface area contributed by atoms with Crippen LogP contribution in [0.15, 0.2) is 24.4 Å². The van der Waals surface area contributed by atoms with Crippen molar-refractivity contribution in [3.05, 3.63) is 46.6 Å². The van der Waals surface area contributed by atoms with E-state index in [1.54, 1.807) is 12.3 Å². The van der Waals surface area contributed by atoms with Gasteiger partial charge in [-0.1, -0.05) is 11.6 Å². The van der Waals surface area contributed by atoms with E-state index >= 15 is 0 Å². The van der Waals surface area contributed by atoms with Gasteiger partial charge in [0.15, 0.2) is 5.82 Å². The Bertz CT molecular complexity index is 841. The van der Waals surface area contributed by atoms with E-state index in [0.717, 1.165) is 22.2 Å². The fraction of sp³-hybridized carbons (Fsp3) is 0.200. The zero-order chi connectivity index (χ0) is 15.1. The quantitative estimate of drug-likeness (QED) is 0.774. The van der Waals surface area contributed by atoms with E-state index in [2.05, 4.69) is 20.1 Å². The Morgan fingerprint density at radius 1 is 1.24 bits per heavy atom. The minimum atomic E-state index is -0.446. The molecule has 0 aliphatic rings. The van der Waals surface area contributed by atoms with Gasteiger partial charge in [-0.05, 0) is 32.0 Å². The third-order valence-electron chi connectivity index (χ3n) is 3.79. The molecule has 1 N–H and O–H groups in total. The zero-order valence-electron chi connectivity index (χ0n) is 11.9. The molecule has 0 saturated heterocycles. The molecule has 3 rings (SSSR count). The molecule has 0 radical (unpaired) electrons. The molecule has 0 amide bonds. The highest BCUT2D eigenvalue weighted by atomic mass is 35.5. The molecule has 0 unspecified atom stereocenters. The van der Waals surface area contributed by atoms with Crippen LogP contribution in [0.4, 0.5) is 15.9 Å². The molecule has 0 fully saturated rings. The third-order valence-corrected chi connectivity index (χ3v) is 4.08. The normalized spacial score (nSPS) is 11.1. The lowest BCUT2D eigenvalue weighted by molar-refractivity contribution is 0.628. The molecule has 108 valence electrons. The average Bonchev–Trinajstić information content (AvgIpc) is 2.69. The first-order valence-corrected chi connectivity index (χ1v) is 6.86. The first-order valence-electron chi connectivity index (χ1n) is 6.48. The molecule has 0 atom stereocenters. The topological polar surface area (TPSA) is 42.7 Å². The van der Waals surface area contributed by atoms with Crippen molar-refractivity contribution < 1.29 is 4.39 Å². The van der Waals surface area contributed by atoms with Crippen molar-refractivity contribution in [3.8, 4) is 0 Å². The largest absolute Gasteiger partial charge is 0.351 e. The summed E-state index contributed by atoms with van der Waals surface area (Å²) in [4.78, 5) is 0. The molecular formula is C15H14ClFN4. The van der Waals surface area contributed by atoms with Crippen molar-refractivity contribution in [1.82, 2.24) is 14.8 Å². The predicted molar refractivity (Wildman–Crippen MR) is 82.7 cm³/mol. The van der Waals surface area contributed by atoms with E-state index in [4.69, 9.17) is 11.6 Å². The first-order chi connectivity index (χ1) is 9.99. The highest BCUT2D eigenvalue weighted by molar-refractivity contribution is 6.31. The minimum Gasteiger partial charge on any atom is -0.351 e. The van der Waals surface area contributed by atoms with Gasteiger partial charge in [-0.25, -0.2) is 4.39 Å². The second-order valence-electron chi connectivity index (χ2n) is 4.97. The number of hydrogen-bond acceptors (Lipinski definition) is 3. The first kappa shape index (κ1) is 13.8. The molecule has 0 saturated carbocycles. The second kappa shape index (κ2) is 5.00. The van der Waals surface area contributed by atoms with Crippen molar-refractivity contribution >= 4 is 33.9 Å². The fourth-order valence-corrected chi connectivity index (χ4v) is 2.61. The SMILES string of the molecule is Cc1c2cnnc(Nc3ccc(F)c(Cl)c3)c2c(C)n1C. The van der Waals surface area contributed by atoms with Crippen molar-refractivity contribution in [3.63, 3.8) is 0 Å². The van der Waals surface area contributed by atoms with Gasteiger partial charge < -0.3 is 9.88 Å². The van der Waals surface area contributed by atoms with Crippen LogP contribution in [-0.4, -0.2) is 14.8 Å². The maximum atomic E-state index is 13.2. The number of nitrogens with zero attached hydrogens (tertiary/aromatic N) is 3. The molecule has 0 aliphatic carbocycles. The molecule has 4 nitrogen and oxygen atoms in total. The van der Waals surface area contributed by atoms with Crippen LogP contribution in [0, 0.1) is 19.7 Å². The lowest BCUT2D eigenvalue weighted by Gasteiger charge is -2.07. The Hall–Kier alpha value is -2.14. The van der Waals surface area contributed by atoms with E-state index in [1.807, 2.05) is 20.9 Å². The number of halogens is 2. The fourth-order valence-electron chi connectivity index (χ4n) is 2.43. The average molecular weight is 305 g/mol. The third kappa shape index (κ3) is 2.23. The summed E-state index contributed by atoms with van der Waals surface area (Å²) in [6.07, 6.45) is 1.75. The van der Waals surface area contributed by atoms with Crippen molar-refractivity contribution in [2.45, 2.75) is 13.8 Å². The van der Waals surface area contributed by atoms with Gasteiger partial charge in [-0.2, -0.15) is 5.10 Å². The molecular weight excluding hydrogens is 291 g/mol. The predicted octanol–water partition coefficient (Wildman–Crippen LogP) is 4.12. The Labute approximate surface area is 126 Å². The van der Waals surface area contributed by atoms with Gasteiger partial charge in [-0.3, -0.25) is 0 Å². The smallest absolute Gasteiger partial charge is 0.162 e. The molecule has 0 aliphatic heterocycles. The summed E-state index contributed by atoms with van der Waals surface area (Å²) >= 11 is 5.80. The van der Waals surface area contributed by atoms with Gasteiger partial charge in [0.2, 0.25) is 0 Å². The second-order valence-corrected chi connectivity index (χ2v) is 5.37. The van der Waals surface area contributed by atoms with E-state index in [0.29, 0.717) is 11.5 Å². The van der Waals surface area contributed by atoms with E-state index in [1.165, 1.54) is 12.1 Å². The molecule has 1 aromatic carbocycles. The van der Waals surface area contributed by atoms with Gasteiger partial charge in [0.1, 0.15) is 5.82 Å². The number of hydrogen-bond donors (Lipinski definition) is 1. The molecule has 0 bridgehead atoms. The summed E-state index contributed by atoms with van der Waals surface area (Å²) in [6, 6.07) is 4.47. The molecule has 6 heteroatoms. The highest BCUT2D eigenvalue weighted by Gasteiger charge is 2.14. The number of fused-ring (bicyclic) bond motifs is 1. The number of rotatable bonds is 2. The minimum absolute atomic E-state index is 0.0705. The van der Waals surface area contributed by atoms with Crippen LogP contribution in [-0.2, 0) is 7.05 Å². The lowest BCUT2D eigenvalue weighted by atomic mass is 10.2. The van der Waals surface area contributed by atoms with Gasteiger partial charge in [0.05, 0.1) is 11.2 Å². The van der Waals surface area contributed by atoms with Gasteiger partial charge in [-0.15, -0.1) is 5.10 Å². The van der Waals surface area contributed by atoms with Crippen LogP contribution in [0.2, 0.25) is 5.02 Å². The molecule has 2 heterocycles. The monoisotopic (exact) mass is 304 g/mol. The van der Waals surface area contributed by atoms with Crippen LogP contribution in [0.3, 0.4) is 0 Å². The van der Waals surface area contributed by atoms with Crippen LogP contribution >= 0.6 is 11.6 Å². The van der Waals surface area contributed by atoms with E-state index in [-0.39, 0.29) is 5.02 Å². The number of benzene rings is 1. The maximum Gasteiger partial charge on any atom is 0.162 e. The standard InChI is InChI=1S/C15H14ClFN4/c1-8-11-7-18-20-15(14(11)9(2)21(8)3)19-10-4-5-13(17)12(16)6-10/h4-7H,1-3H3,(H,19,20). The molecule has 21 heavy (non-hydrogen) atoms. The number of anilines is 2. The molecule has 0 spiro atoms. The maximum absolute atomic E-state index is 13.2. The Kier molecular flexibility index (Phi) is 3.29. The summed E-state index contributed by atoms with van der Waals surface area (Å²) in [7, 11) is 2.00. The Balaban J connectivity index is 2.12. The van der Waals surface area contributed by atoms with E-state index in [9.17, 15) is 4.39 Å².